The van der Waals surface area contributed by atoms with E-state index in [1.54, 1.807) is 6.08 Å². The Kier molecular flexibility index (Phi) is 3.05. The second-order valence-corrected chi connectivity index (χ2v) is 4.33. The fourth-order valence-corrected chi connectivity index (χ4v) is 2.06. The summed E-state index contributed by atoms with van der Waals surface area (Å²) in [7, 11) is 4.11. The highest BCUT2D eigenvalue weighted by atomic mass is 15.1. The molecule has 17 heavy (non-hydrogen) atoms. The monoisotopic (exact) mass is 226 g/mol. The largest absolute Gasteiger partial charge is 0.371 e. The zero-order valence-corrected chi connectivity index (χ0v) is 10.5. The van der Waals surface area contributed by atoms with Crippen molar-refractivity contribution in [2.45, 2.75) is 6.54 Å². The average molecular weight is 226 g/mol. The van der Waals surface area contributed by atoms with Crippen LogP contribution in [0.3, 0.4) is 0 Å². The maximum atomic E-state index is 3.96. The van der Waals surface area contributed by atoms with E-state index in [1.807, 2.05) is 7.05 Å². The van der Waals surface area contributed by atoms with Gasteiger partial charge in [-0.2, -0.15) is 0 Å². The molecule has 0 aliphatic carbocycles. The van der Waals surface area contributed by atoms with E-state index in [0.29, 0.717) is 0 Å². The highest BCUT2D eigenvalue weighted by molar-refractivity contribution is 5.83. The van der Waals surface area contributed by atoms with Gasteiger partial charge in [-0.3, -0.25) is 0 Å². The van der Waals surface area contributed by atoms with Crippen molar-refractivity contribution in [1.29, 1.82) is 0 Å². The molecule has 2 aromatic rings. The molecular weight excluding hydrogens is 208 g/mol. The van der Waals surface area contributed by atoms with Crippen molar-refractivity contribution in [2.24, 2.45) is 7.05 Å². The van der Waals surface area contributed by atoms with Gasteiger partial charge in [0.1, 0.15) is 0 Å². The summed E-state index contributed by atoms with van der Waals surface area (Å²) in [4.78, 5) is 2.11. The van der Waals surface area contributed by atoms with E-state index < -0.39 is 0 Å². The molecule has 2 nitrogen and oxygen atoms in total. The summed E-state index contributed by atoms with van der Waals surface area (Å²) in [5.74, 6) is 0. The SMILES string of the molecule is C=CC(=C)N(C)Cc1cn(C)c2ccccc12. The van der Waals surface area contributed by atoms with Crippen LogP contribution >= 0.6 is 0 Å². The Morgan fingerprint density at radius 2 is 2.12 bits per heavy atom. The average Bonchev–Trinajstić information content (AvgIpc) is 2.66. The molecule has 0 fully saturated rings. The number of aryl methyl sites for hydroxylation is 1. The molecule has 2 heteroatoms. The minimum atomic E-state index is 0.853. The zero-order chi connectivity index (χ0) is 12.4. The fourth-order valence-electron chi connectivity index (χ4n) is 2.06. The topological polar surface area (TPSA) is 8.17 Å². The smallest absolute Gasteiger partial charge is 0.0481 e. The van der Waals surface area contributed by atoms with E-state index in [4.69, 9.17) is 0 Å². The molecule has 0 radical (unpaired) electrons. The molecule has 0 spiro atoms. The Morgan fingerprint density at radius 1 is 1.41 bits per heavy atom. The summed E-state index contributed by atoms with van der Waals surface area (Å²) in [6, 6.07) is 8.45. The number of benzene rings is 1. The van der Waals surface area contributed by atoms with E-state index >= 15 is 0 Å². The van der Waals surface area contributed by atoms with Crippen molar-refractivity contribution >= 4 is 10.9 Å². The lowest BCUT2D eigenvalue weighted by Crippen LogP contribution is -2.14. The minimum absolute atomic E-state index is 0.853. The summed E-state index contributed by atoms with van der Waals surface area (Å²) < 4.78 is 2.16. The summed E-state index contributed by atoms with van der Waals surface area (Å²) in [6.07, 6.45) is 3.96. The van der Waals surface area contributed by atoms with Crippen LogP contribution in [0.5, 0.6) is 0 Å². The molecule has 0 amide bonds. The van der Waals surface area contributed by atoms with Gasteiger partial charge in [0.25, 0.3) is 0 Å². The summed E-state index contributed by atoms with van der Waals surface area (Å²) >= 11 is 0. The first-order valence-electron chi connectivity index (χ1n) is 5.69. The number of fused-ring (bicyclic) bond motifs is 1. The van der Waals surface area contributed by atoms with Gasteiger partial charge in [0, 0.05) is 43.4 Å². The first kappa shape index (κ1) is 11.5. The van der Waals surface area contributed by atoms with Crippen LogP contribution in [0.25, 0.3) is 10.9 Å². The summed E-state index contributed by atoms with van der Waals surface area (Å²) in [6.45, 7) is 8.56. The number of para-hydroxylation sites is 1. The van der Waals surface area contributed by atoms with Gasteiger partial charge in [-0.05, 0) is 17.7 Å². The van der Waals surface area contributed by atoms with Crippen LogP contribution in [-0.2, 0) is 13.6 Å². The molecule has 88 valence electrons. The fraction of sp³-hybridized carbons (Fsp3) is 0.200. The predicted octanol–water partition coefficient (Wildman–Crippen LogP) is 3.31. The third kappa shape index (κ3) is 2.11. The molecule has 0 aliphatic rings. The van der Waals surface area contributed by atoms with Gasteiger partial charge in [-0.1, -0.05) is 31.4 Å². The van der Waals surface area contributed by atoms with Gasteiger partial charge in [0.05, 0.1) is 0 Å². The third-order valence-corrected chi connectivity index (χ3v) is 3.11. The second-order valence-electron chi connectivity index (χ2n) is 4.33. The van der Waals surface area contributed by atoms with Gasteiger partial charge in [0.15, 0.2) is 0 Å². The molecule has 0 bridgehead atoms. The van der Waals surface area contributed by atoms with Crippen molar-refractivity contribution in [2.75, 3.05) is 7.05 Å². The first-order chi connectivity index (χ1) is 8.13. The molecule has 1 aromatic heterocycles. The molecule has 0 aliphatic heterocycles. The van der Waals surface area contributed by atoms with Crippen LogP contribution in [0.2, 0.25) is 0 Å². The van der Waals surface area contributed by atoms with Crippen molar-refractivity contribution in [3.05, 3.63) is 61.0 Å². The molecule has 1 heterocycles. The maximum absolute atomic E-state index is 3.96. The van der Waals surface area contributed by atoms with E-state index in [2.05, 4.69) is 60.1 Å². The van der Waals surface area contributed by atoms with Crippen molar-refractivity contribution in [3.8, 4) is 0 Å². The molecule has 2 rings (SSSR count). The Morgan fingerprint density at radius 3 is 2.82 bits per heavy atom. The standard InChI is InChI=1S/C15H18N2/c1-5-12(2)16(3)10-13-11-17(4)15-9-7-6-8-14(13)15/h5-9,11H,1-2,10H2,3-4H3. The molecule has 1 aromatic carbocycles. The highest BCUT2D eigenvalue weighted by Crippen LogP contribution is 2.22. The predicted molar refractivity (Wildman–Crippen MR) is 73.7 cm³/mol. The molecular formula is C15H18N2. The van der Waals surface area contributed by atoms with Crippen LogP contribution in [-0.4, -0.2) is 16.5 Å². The van der Waals surface area contributed by atoms with Gasteiger partial charge < -0.3 is 9.47 Å². The lowest BCUT2D eigenvalue weighted by molar-refractivity contribution is 0.428. The van der Waals surface area contributed by atoms with Gasteiger partial charge in [0.2, 0.25) is 0 Å². The van der Waals surface area contributed by atoms with E-state index in [0.717, 1.165) is 12.2 Å². The molecule has 0 unspecified atom stereocenters. The quantitative estimate of drug-likeness (QED) is 0.726. The van der Waals surface area contributed by atoms with E-state index in [1.165, 1.54) is 16.5 Å². The minimum Gasteiger partial charge on any atom is -0.371 e. The lowest BCUT2D eigenvalue weighted by Gasteiger charge is -2.18. The van der Waals surface area contributed by atoms with E-state index in [9.17, 15) is 0 Å². The number of hydrogen-bond acceptors (Lipinski definition) is 1. The lowest BCUT2D eigenvalue weighted by atomic mass is 10.1. The Hall–Kier alpha value is -1.96. The number of aromatic nitrogens is 1. The summed E-state index contributed by atoms with van der Waals surface area (Å²) in [5, 5.41) is 1.30. The van der Waals surface area contributed by atoms with Crippen LogP contribution in [0, 0.1) is 0 Å². The van der Waals surface area contributed by atoms with Crippen LogP contribution in [0.1, 0.15) is 5.56 Å². The Bertz CT molecular complexity index is 563. The molecule has 0 N–H and O–H groups in total. The number of hydrogen-bond donors (Lipinski definition) is 0. The summed E-state index contributed by atoms with van der Waals surface area (Å²) in [5.41, 5.74) is 3.52. The number of rotatable bonds is 4. The van der Waals surface area contributed by atoms with Gasteiger partial charge in [-0.15, -0.1) is 0 Å². The molecule has 0 saturated carbocycles. The van der Waals surface area contributed by atoms with Gasteiger partial charge >= 0.3 is 0 Å². The maximum Gasteiger partial charge on any atom is 0.0481 e. The van der Waals surface area contributed by atoms with Crippen LogP contribution in [0.4, 0.5) is 0 Å². The first-order valence-corrected chi connectivity index (χ1v) is 5.69. The molecule has 0 saturated heterocycles. The van der Waals surface area contributed by atoms with Gasteiger partial charge in [-0.25, -0.2) is 0 Å². The zero-order valence-electron chi connectivity index (χ0n) is 10.5. The Balaban J connectivity index is 2.36. The van der Waals surface area contributed by atoms with Crippen molar-refractivity contribution < 1.29 is 0 Å². The highest BCUT2D eigenvalue weighted by Gasteiger charge is 2.08. The second kappa shape index (κ2) is 4.50. The molecule has 0 atom stereocenters. The van der Waals surface area contributed by atoms with E-state index in [-0.39, 0.29) is 0 Å². The number of nitrogens with zero attached hydrogens (tertiary/aromatic N) is 2. The van der Waals surface area contributed by atoms with Crippen molar-refractivity contribution in [3.63, 3.8) is 0 Å². The Labute approximate surface area is 102 Å². The normalized spacial score (nSPS) is 10.5. The van der Waals surface area contributed by atoms with Crippen LogP contribution < -0.4 is 0 Å². The number of likely N-dealkylation sites (N-methyl/N-ethyl adjacent to an activating group) is 1. The van der Waals surface area contributed by atoms with Crippen LogP contribution in [0.15, 0.2) is 55.4 Å². The van der Waals surface area contributed by atoms with Crippen molar-refractivity contribution in [1.82, 2.24) is 9.47 Å². The number of allylic oxidation sites excluding steroid dienone is 1. The third-order valence-electron chi connectivity index (χ3n) is 3.11.